The number of carbonyl (C=O) groups is 2. The number of imide groups is 1. The van der Waals surface area contributed by atoms with Gasteiger partial charge in [-0.2, -0.15) is 0 Å². The monoisotopic (exact) mass is 527 g/mol. The Labute approximate surface area is 218 Å². The van der Waals surface area contributed by atoms with Crippen molar-refractivity contribution in [3.8, 4) is 0 Å². The average molecular weight is 527 g/mol. The minimum Gasteiger partial charge on any atom is -0.388 e. The zero-order valence-corrected chi connectivity index (χ0v) is 20.4. The number of aliphatic hydroxyl groups excluding tert-OH is 3. The molecule has 0 aliphatic carbocycles. The maximum atomic E-state index is 13.6. The third-order valence-electron chi connectivity index (χ3n) is 7.77. The lowest BCUT2D eigenvalue weighted by Gasteiger charge is -2.41. The van der Waals surface area contributed by atoms with E-state index in [-0.39, 0.29) is 17.7 Å². The third-order valence-corrected chi connectivity index (χ3v) is 7.77. The van der Waals surface area contributed by atoms with Crippen LogP contribution >= 0.6 is 0 Å². The summed E-state index contributed by atoms with van der Waals surface area (Å²) >= 11 is 0. The number of aromatic amines is 1. The molecule has 5 aromatic rings. The van der Waals surface area contributed by atoms with Crippen molar-refractivity contribution in [1.82, 2.24) is 19.4 Å². The van der Waals surface area contributed by atoms with Crippen LogP contribution in [0.25, 0.3) is 54.2 Å². The highest BCUT2D eigenvalue weighted by Gasteiger charge is 2.46. The van der Waals surface area contributed by atoms with Crippen molar-refractivity contribution in [2.45, 2.75) is 30.6 Å². The summed E-state index contributed by atoms with van der Waals surface area (Å²) in [6, 6.07) is 10.7. The number of aliphatic hydroxyl groups is 3. The van der Waals surface area contributed by atoms with Crippen LogP contribution in [0.1, 0.15) is 26.9 Å². The van der Waals surface area contributed by atoms with Crippen LogP contribution in [0.2, 0.25) is 0 Å². The van der Waals surface area contributed by atoms with E-state index in [0.29, 0.717) is 43.7 Å². The first-order chi connectivity index (χ1) is 18.8. The lowest BCUT2D eigenvalue weighted by molar-refractivity contribution is -0.239. The number of ether oxygens (including phenoxy) is 1. The van der Waals surface area contributed by atoms with Crippen LogP contribution in [0.4, 0.5) is 0 Å². The van der Waals surface area contributed by atoms with Crippen molar-refractivity contribution in [1.29, 1.82) is 0 Å². The van der Waals surface area contributed by atoms with Gasteiger partial charge in [-0.15, -0.1) is 0 Å². The van der Waals surface area contributed by atoms with Gasteiger partial charge in [0.2, 0.25) is 0 Å². The molecular formula is C26H21N7O6. The molecule has 13 heteroatoms. The highest BCUT2D eigenvalue weighted by Crippen LogP contribution is 2.46. The van der Waals surface area contributed by atoms with Gasteiger partial charge in [0.25, 0.3) is 11.8 Å². The Hall–Kier alpha value is -4.52. The first-order valence-electron chi connectivity index (χ1n) is 12.2. The number of nitrogens with zero attached hydrogens (tertiary/aromatic N) is 6. The number of rotatable bonds is 3. The third kappa shape index (κ3) is 2.98. The molecule has 0 spiro atoms. The molecule has 5 atom stereocenters. The number of nitrogens with one attached hydrogen (secondary N) is 1. The van der Waals surface area contributed by atoms with Crippen molar-refractivity contribution in [2.24, 2.45) is 5.11 Å². The molecule has 39 heavy (non-hydrogen) atoms. The van der Waals surface area contributed by atoms with Crippen LogP contribution in [0, 0.1) is 0 Å². The van der Waals surface area contributed by atoms with Crippen LogP contribution in [-0.4, -0.2) is 84.6 Å². The number of H-pyrrole nitrogens is 1. The highest BCUT2D eigenvalue weighted by atomic mass is 16.5. The molecule has 5 heterocycles. The molecule has 13 nitrogen and oxygen atoms in total. The molecule has 196 valence electrons. The van der Waals surface area contributed by atoms with Crippen LogP contribution in [-0.2, 0) is 4.74 Å². The van der Waals surface area contributed by atoms with E-state index in [0.717, 1.165) is 4.90 Å². The quantitative estimate of drug-likeness (QED) is 0.120. The van der Waals surface area contributed by atoms with Gasteiger partial charge in [-0.05, 0) is 23.7 Å². The number of carbonyl (C=O) groups excluding carboxylic acids is 2. The van der Waals surface area contributed by atoms with E-state index in [1.54, 1.807) is 47.2 Å². The van der Waals surface area contributed by atoms with Crippen LogP contribution < -0.4 is 0 Å². The van der Waals surface area contributed by atoms with Gasteiger partial charge < -0.3 is 29.6 Å². The van der Waals surface area contributed by atoms with Crippen molar-refractivity contribution < 1.29 is 29.6 Å². The number of amides is 2. The molecule has 1 fully saturated rings. The Morgan fingerprint density at radius 3 is 2.51 bits per heavy atom. The largest absolute Gasteiger partial charge is 0.388 e. The maximum Gasteiger partial charge on any atom is 0.262 e. The van der Waals surface area contributed by atoms with Gasteiger partial charge in [0.05, 0.1) is 40.3 Å². The van der Waals surface area contributed by atoms with E-state index in [9.17, 15) is 24.9 Å². The first kappa shape index (κ1) is 23.6. The highest BCUT2D eigenvalue weighted by molar-refractivity contribution is 6.39. The number of pyridine rings is 1. The Kier molecular flexibility index (Phi) is 4.98. The molecule has 2 amide bonds. The van der Waals surface area contributed by atoms with Gasteiger partial charge in [-0.1, -0.05) is 23.3 Å². The SMILES string of the molecule is CN1C(=O)c2c(c3c4ccccc4n([C@@H]4O[C@H](CN=[N+]=[N-])[C@@H](O)[C@H](O)[C@H]4O)c3c3[nH]c4ncccc4c23)C1=O. The number of benzene rings is 2. The van der Waals surface area contributed by atoms with E-state index < -0.39 is 42.5 Å². The van der Waals surface area contributed by atoms with Crippen molar-refractivity contribution in [2.75, 3.05) is 13.6 Å². The first-order valence-corrected chi connectivity index (χ1v) is 12.2. The van der Waals surface area contributed by atoms with Gasteiger partial charge in [-0.3, -0.25) is 14.5 Å². The summed E-state index contributed by atoms with van der Waals surface area (Å²) in [5, 5.41) is 38.2. The van der Waals surface area contributed by atoms with Gasteiger partial charge >= 0.3 is 0 Å². The van der Waals surface area contributed by atoms with Crippen LogP contribution in [0.5, 0.6) is 0 Å². The minimum absolute atomic E-state index is 0.223. The number of fused-ring (bicyclic) bond motifs is 10. The number of aromatic nitrogens is 3. The van der Waals surface area contributed by atoms with E-state index >= 15 is 0 Å². The summed E-state index contributed by atoms with van der Waals surface area (Å²) in [4.78, 5) is 38.5. The van der Waals surface area contributed by atoms with Gasteiger partial charge in [-0.25, -0.2) is 4.98 Å². The molecule has 4 N–H and O–H groups in total. The number of hydrogen-bond donors (Lipinski definition) is 4. The molecule has 2 aliphatic heterocycles. The molecule has 7 rings (SSSR count). The van der Waals surface area contributed by atoms with Crippen molar-refractivity contribution in [3.63, 3.8) is 0 Å². The van der Waals surface area contributed by atoms with Gasteiger partial charge in [0.1, 0.15) is 24.0 Å². The predicted molar refractivity (Wildman–Crippen MR) is 139 cm³/mol. The molecule has 1 saturated heterocycles. The Morgan fingerprint density at radius 2 is 1.74 bits per heavy atom. The second-order valence-corrected chi connectivity index (χ2v) is 9.75. The lowest BCUT2D eigenvalue weighted by atomic mass is 9.96. The summed E-state index contributed by atoms with van der Waals surface area (Å²) in [5.41, 5.74) is 11.3. The second kappa shape index (κ2) is 8.24. The topological polar surface area (TPSA) is 190 Å². The van der Waals surface area contributed by atoms with Crippen molar-refractivity contribution in [3.05, 3.63) is 64.2 Å². The number of hydrogen-bond acceptors (Lipinski definition) is 8. The summed E-state index contributed by atoms with van der Waals surface area (Å²) in [6.07, 6.45) is -5.49. The molecule has 2 aromatic carbocycles. The van der Waals surface area contributed by atoms with E-state index in [4.69, 9.17) is 10.3 Å². The van der Waals surface area contributed by atoms with E-state index in [2.05, 4.69) is 20.0 Å². The Bertz CT molecular complexity index is 1920. The van der Waals surface area contributed by atoms with Gasteiger partial charge in [0.15, 0.2) is 6.23 Å². The second-order valence-electron chi connectivity index (χ2n) is 9.75. The fourth-order valence-electron chi connectivity index (χ4n) is 6.00. The fourth-order valence-corrected chi connectivity index (χ4v) is 6.00. The van der Waals surface area contributed by atoms with Gasteiger partial charge in [0, 0.05) is 39.7 Å². The zero-order valence-electron chi connectivity index (χ0n) is 20.4. The zero-order chi connectivity index (χ0) is 27.2. The number of para-hydroxylation sites is 1. The summed E-state index contributed by atoms with van der Waals surface area (Å²) < 4.78 is 7.76. The molecule has 0 bridgehead atoms. The standard InChI is InChI=1S/C26H21N7O6/c1-32-24(37)16-14-11-6-4-8-28-23(11)30-18(14)19-15(17(16)25(32)38)10-5-2-3-7-12(10)33(19)26-22(36)21(35)20(34)13(39-26)9-29-31-27/h2-8,13,20-22,26,34-36H,9H2,1H3,(H,28,30)/t13-,20-,21+,22-,26-/m1/s1. The Morgan fingerprint density at radius 1 is 1.03 bits per heavy atom. The van der Waals surface area contributed by atoms with E-state index in [1.807, 2.05) is 0 Å². The summed E-state index contributed by atoms with van der Waals surface area (Å²) in [6.45, 7) is -0.284. The Balaban J connectivity index is 1.66. The summed E-state index contributed by atoms with van der Waals surface area (Å²) in [5.74, 6) is -0.907. The maximum absolute atomic E-state index is 13.6. The predicted octanol–water partition coefficient (Wildman–Crippen LogP) is 2.34. The lowest BCUT2D eigenvalue weighted by Crippen LogP contribution is -2.56. The number of azide groups is 1. The molecule has 0 unspecified atom stereocenters. The smallest absolute Gasteiger partial charge is 0.262 e. The van der Waals surface area contributed by atoms with Crippen LogP contribution in [0.15, 0.2) is 47.7 Å². The molecule has 3 aromatic heterocycles. The minimum atomic E-state index is -1.62. The molecule has 0 saturated carbocycles. The fraction of sp³-hybridized carbons (Fsp3) is 0.269. The average Bonchev–Trinajstić information content (AvgIpc) is 3.56. The normalized spacial score (nSPS) is 25.2. The molecule has 2 aliphatic rings. The summed E-state index contributed by atoms with van der Waals surface area (Å²) in [7, 11) is 1.43. The molecule has 0 radical (unpaired) electrons. The van der Waals surface area contributed by atoms with Crippen molar-refractivity contribution >= 4 is 55.6 Å². The van der Waals surface area contributed by atoms with E-state index in [1.165, 1.54) is 7.05 Å². The molecular weight excluding hydrogens is 506 g/mol. The van der Waals surface area contributed by atoms with Crippen LogP contribution in [0.3, 0.4) is 0 Å².